The van der Waals surface area contributed by atoms with Crippen molar-refractivity contribution < 1.29 is 32.0 Å². The van der Waals surface area contributed by atoms with Crippen LogP contribution in [0.25, 0.3) is 0 Å². The second-order valence-corrected chi connectivity index (χ2v) is 5.26. The molecule has 0 aliphatic carbocycles. The van der Waals surface area contributed by atoms with Gasteiger partial charge in [0.15, 0.2) is 0 Å². The Hall–Kier alpha value is -1.26. The Balaban J connectivity index is 2.42. The Morgan fingerprint density at radius 3 is 2.73 bits per heavy atom. The Morgan fingerprint density at radius 2 is 2.18 bits per heavy atom. The van der Waals surface area contributed by atoms with Gasteiger partial charge in [-0.3, -0.25) is 0 Å². The van der Waals surface area contributed by atoms with Crippen LogP contribution in [0.15, 0.2) is 16.6 Å². The van der Waals surface area contributed by atoms with Gasteiger partial charge in [-0.25, -0.2) is 4.79 Å². The highest BCUT2D eigenvalue weighted by Crippen LogP contribution is 2.34. The summed E-state index contributed by atoms with van der Waals surface area (Å²) in [5, 5.41) is 0. The van der Waals surface area contributed by atoms with Crippen LogP contribution >= 0.6 is 15.9 Å². The van der Waals surface area contributed by atoms with Crippen LogP contribution in [0, 0.1) is 0 Å². The molecule has 1 aliphatic rings. The van der Waals surface area contributed by atoms with E-state index in [0.29, 0.717) is 16.6 Å². The molecule has 1 atom stereocenters. The predicted molar refractivity (Wildman–Crippen MR) is 75.7 cm³/mol. The van der Waals surface area contributed by atoms with E-state index in [0.717, 1.165) is 0 Å². The van der Waals surface area contributed by atoms with E-state index in [1.165, 1.54) is 0 Å². The fourth-order valence-corrected chi connectivity index (χ4v) is 2.75. The molecule has 120 valence electrons. The average molecular weight is 382 g/mol. The van der Waals surface area contributed by atoms with E-state index in [9.17, 15) is 18.0 Å². The number of carbonyl (C=O) groups excluding carboxylic acids is 1. The number of benzene rings is 1. The molecule has 0 saturated heterocycles. The van der Waals surface area contributed by atoms with Gasteiger partial charge in [0.1, 0.15) is 5.75 Å². The second kappa shape index (κ2) is 6.47. The Bertz CT molecular complexity index is 584. The third kappa shape index (κ3) is 3.23. The maximum atomic E-state index is 12.4. The topological polar surface area (TPSA) is 70.8 Å². The Labute approximate surface area is 133 Å². The first-order valence-corrected chi connectivity index (χ1v) is 7.17. The summed E-state index contributed by atoms with van der Waals surface area (Å²) in [6.45, 7) is 2.03. The van der Waals surface area contributed by atoms with Gasteiger partial charge in [-0.05, 0) is 24.6 Å². The van der Waals surface area contributed by atoms with Crippen LogP contribution in [-0.2, 0) is 14.1 Å². The molecule has 1 aliphatic heterocycles. The zero-order valence-corrected chi connectivity index (χ0v) is 13.0. The fourth-order valence-electron chi connectivity index (χ4n) is 2.15. The number of alkyl halides is 3. The lowest BCUT2D eigenvalue weighted by Gasteiger charge is -2.13. The molecule has 0 spiro atoms. The number of rotatable bonds is 4. The summed E-state index contributed by atoms with van der Waals surface area (Å²) in [4.78, 5) is 11.1. The highest BCUT2D eigenvalue weighted by molar-refractivity contribution is 9.10. The zero-order chi connectivity index (χ0) is 16.5. The normalized spacial score (nSPS) is 17.4. The minimum atomic E-state index is -5.11. The zero-order valence-electron chi connectivity index (χ0n) is 11.4. The first kappa shape index (κ1) is 17.1. The Kier molecular flexibility index (Phi) is 5.03. The van der Waals surface area contributed by atoms with Crippen molar-refractivity contribution in [2.75, 3.05) is 13.2 Å². The smallest absolute Gasteiger partial charge is 0.499 e. The lowest BCUT2D eigenvalue weighted by Crippen LogP contribution is -2.40. The van der Waals surface area contributed by atoms with Gasteiger partial charge >= 0.3 is 19.3 Å². The first-order chi connectivity index (χ1) is 10.3. The number of carbonyl (C=O) groups is 1. The molecule has 2 N–H and O–H groups in total. The molecule has 22 heavy (non-hydrogen) atoms. The molecule has 0 fully saturated rings. The van der Waals surface area contributed by atoms with Crippen LogP contribution in [-0.4, -0.2) is 32.4 Å². The molecule has 1 unspecified atom stereocenters. The van der Waals surface area contributed by atoms with Crippen molar-refractivity contribution in [3.8, 4) is 5.75 Å². The quantitative estimate of drug-likeness (QED) is 0.803. The fraction of sp³-hybridized carbons (Fsp3) is 0.417. The van der Waals surface area contributed by atoms with Gasteiger partial charge in [0.25, 0.3) is 0 Å². The van der Waals surface area contributed by atoms with Crippen molar-refractivity contribution in [1.82, 2.24) is 0 Å². The number of ether oxygens (including phenoxy) is 1. The molecule has 10 heteroatoms. The maximum absolute atomic E-state index is 12.4. The van der Waals surface area contributed by atoms with Crippen LogP contribution in [0.1, 0.15) is 18.6 Å². The molecule has 0 bridgehead atoms. The summed E-state index contributed by atoms with van der Waals surface area (Å²) in [7, 11) is -1.52. The van der Waals surface area contributed by atoms with Crippen LogP contribution in [0.5, 0.6) is 5.75 Å². The van der Waals surface area contributed by atoms with Crippen molar-refractivity contribution in [2.24, 2.45) is 5.73 Å². The van der Waals surface area contributed by atoms with Gasteiger partial charge in [-0.15, -0.1) is 0 Å². The molecule has 1 aromatic carbocycles. The van der Waals surface area contributed by atoms with E-state index >= 15 is 0 Å². The van der Waals surface area contributed by atoms with Gasteiger partial charge in [-0.2, -0.15) is 13.2 Å². The van der Waals surface area contributed by atoms with Crippen molar-refractivity contribution in [2.45, 2.75) is 19.2 Å². The number of fused-ring (bicyclic) bond motifs is 1. The molecule has 0 saturated carbocycles. The summed E-state index contributed by atoms with van der Waals surface area (Å²) >= 11 is 3.29. The first-order valence-electron chi connectivity index (χ1n) is 6.38. The number of hydrogen-bond acceptors (Lipinski definition) is 5. The van der Waals surface area contributed by atoms with E-state index in [2.05, 4.69) is 20.6 Å². The molecular weight excluding hydrogens is 370 g/mol. The molecule has 1 aromatic rings. The number of hydrogen-bond donors (Lipinski definition) is 1. The third-order valence-electron chi connectivity index (χ3n) is 3.00. The number of halogens is 4. The van der Waals surface area contributed by atoms with Crippen LogP contribution in [0.4, 0.5) is 13.2 Å². The lowest BCUT2D eigenvalue weighted by atomic mass is 9.77. The van der Waals surface area contributed by atoms with E-state index in [1.807, 2.05) is 0 Å². The Morgan fingerprint density at radius 1 is 1.50 bits per heavy atom. The van der Waals surface area contributed by atoms with E-state index in [1.54, 1.807) is 19.1 Å². The number of nitrogens with two attached hydrogens (primary N) is 1. The molecule has 1 heterocycles. The highest BCUT2D eigenvalue weighted by atomic mass is 79.9. The lowest BCUT2D eigenvalue weighted by molar-refractivity contribution is -0.191. The summed E-state index contributed by atoms with van der Waals surface area (Å²) in [5.41, 5.74) is 6.33. The van der Waals surface area contributed by atoms with Crippen LogP contribution < -0.4 is 15.9 Å². The second-order valence-electron chi connectivity index (χ2n) is 4.40. The average Bonchev–Trinajstić information content (AvgIpc) is 2.81. The predicted octanol–water partition coefficient (Wildman–Crippen LogP) is 1.68. The molecule has 0 amide bonds. The molecule has 0 aromatic heterocycles. The van der Waals surface area contributed by atoms with Gasteiger partial charge in [0.2, 0.25) is 0 Å². The molecule has 2 rings (SSSR count). The van der Waals surface area contributed by atoms with Crippen LogP contribution in [0.2, 0.25) is 0 Å². The summed E-state index contributed by atoms with van der Waals surface area (Å²) in [6, 6.07) is 3.23. The maximum Gasteiger partial charge on any atom is 0.569 e. The van der Waals surface area contributed by atoms with E-state index < -0.39 is 25.4 Å². The minimum absolute atomic E-state index is 0.0151. The summed E-state index contributed by atoms with van der Waals surface area (Å²) in [6.07, 6.45) is -5.81. The van der Waals surface area contributed by atoms with Gasteiger partial charge in [0, 0.05) is 16.5 Å². The van der Waals surface area contributed by atoms with Crippen molar-refractivity contribution in [3.05, 3.63) is 22.2 Å². The highest BCUT2D eigenvalue weighted by Gasteiger charge is 2.49. The van der Waals surface area contributed by atoms with E-state index in [4.69, 9.17) is 15.1 Å². The third-order valence-corrected chi connectivity index (χ3v) is 3.69. The summed E-state index contributed by atoms with van der Waals surface area (Å²) < 4.78 is 52.9. The van der Waals surface area contributed by atoms with Crippen molar-refractivity contribution in [3.63, 3.8) is 0 Å². The standard InChI is InChI=1S/C12H12BBrF3NO4/c1-2-20-7-4-3-6(14)9-8(5-18)21-13(10(7)9)22-11(19)12(15,16)17/h3-4,8H,2,5,18H2,1H3. The molecular formula is C12H12BBrF3NO4. The minimum Gasteiger partial charge on any atom is -0.499 e. The summed E-state index contributed by atoms with van der Waals surface area (Å²) in [5.74, 6) is -2.04. The van der Waals surface area contributed by atoms with Gasteiger partial charge in [0.05, 0.1) is 12.7 Å². The SMILES string of the molecule is CCOc1ccc(Br)c2c1B(OC(=O)C(F)(F)F)OC2CN. The van der Waals surface area contributed by atoms with Crippen molar-refractivity contribution in [1.29, 1.82) is 0 Å². The molecule has 0 radical (unpaired) electrons. The van der Waals surface area contributed by atoms with Crippen LogP contribution in [0.3, 0.4) is 0 Å². The molecule has 5 nitrogen and oxygen atoms in total. The monoisotopic (exact) mass is 381 g/mol. The van der Waals surface area contributed by atoms with Gasteiger partial charge in [-0.1, -0.05) is 15.9 Å². The van der Waals surface area contributed by atoms with Crippen molar-refractivity contribution >= 4 is 34.5 Å². The van der Waals surface area contributed by atoms with E-state index in [-0.39, 0.29) is 17.8 Å². The largest absolute Gasteiger partial charge is 0.569 e. The van der Waals surface area contributed by atoms with Gasteiger partial charge < -0.3 is 19.8 Å².